The maximum atomic E-state index is 6.30. The second-order valence-corrected chi connectivity index (χ2v) is 13.2. The zero-order valence-electron chi connectivity index (χ0n) is 28.7. The van der Waals surface area contributed by atoms with Crippen LogP contribution < -0.4 is 4.90 Å². The quantitative estimate of drug-likeness (QED) is 0.168. The van der Waals surface area contributed by atoms with Crippen molar-refractivity contribution in [1.29, 1.82) is 0 Å². The molecule has 4 nitrogen and oxygen atoms in total. The molecule has 0 fully saturated rings. The Bertz CT molecular complexity index is 2760. The molecule has 0 unspecified atom stereocenters. The second-order valence-electron chi connectivity index (χ2n) is 13.2. The molecule has 2 aromatic heterocycles. The lowest BCUT2D eigenvalue weighted by molar-refractivity contribution is 0.619. The minimum atomic E-state index is 0.600. The zero-order chi connectivity index (χ0) is 35.1. The van der Waals surface area contributed by atoms with E-state index in [4.69, 9.17) is 13.8 Å². The Morgan fingerprint density at radius 3 is 1.28 bits per heavy atom. The summed E-state index contributed by atoms with van der Waals surface area (Å²) in [5.41, 5.74) is 14.3. The Morgan fingerprint density at radius 1 is 0.340 bits per heavy atom. The molecule has 0 aliphatic carbocycles. The number of aromatic nitrogens is 1. The molecule has 0 aliphatic heterocycles. The molecular weight excluding hydrogens is 649 g/mol. The predicted molar refractivity (Wildman–Crippen MR) is 218 cm³/mol. The summed E-state index contributed by atoms with van der Waals surface area (Å²) in [7, 11) is 0. The lowest BCUT2D eigenvalue weighted by Crippen LogP contribution is -2.09. The number of oxazole rings is 1. The van der Waals surface area contributed by atoms with Crippen LogP contribution in [0.5, 0.6) is 0 Å². The molecule has 250 valence electrons. The van der Waals surface area contributed by atoms with Crippen molar-refractivity contribution in [1.82, 2.24) is 4.98 Å². The highest BCUT2D eigenvalue weighted by Gasteiger charge is 2.18. The summed E-state index contributed by atoms with van der Waals surface area (Å²) >= 11 is 0. The Morgan fingerprint density at radius 2 is 0.755 bits per heavy atom. The van der Waals surface area contributed by atoms with E-state index in [1.165, 1.54) is 22.3 Å². The standard InChI is InChI=1S/C49H32N2O2/c1-4-10-33(11-5-1)35-16-23-40(24-17-35)51(41-25-18-36(19-26-41)34-12-6-2-7-13-34)42-27-20-37(21-28-42)39-22-29-44-43(32-39)47-45(52-44)30-31-46-48(47)50-49(53-46)38-14-8-3-9-15-38/h1-32H. The molecule has 8 aromatic carbocycles. The van der Waals surface area contributed by atoms with Crippen LogP contribution in [0.25, 0.3) is 77.9 Å². The van der Waals surface area contributed by atoms with Gasteiger partial charge in [-0.05, 0) is 106 Å². The van der Waals surface area contributed by atoms with Gasteiger partial charge in [0.1, 0.15) is 16.7 Å². The summed E-state index contributed by atoms with van der Waals surface area (Å²) in [6.07, 6.45) is 0. The van der Waals surface area contributed by atoms with E-state index in [2.05, 4.69) is 157 Å². The highest BCUT2D eigenvalue weighted by atomic mass is 16.4. The van der Waals surface area contributed by atoms with E-state index in [1.807, 2.05) is 42.5 Å². The summed E-state index contributed by atoms with van der Waals surface area (Å²) < 4.78 is 12.5. The molecule has 53 heavy (non-hydrogen) atoms. The summed E-state index contributed by atoms with van der Waals surface area (Å²) in [6.45, 7) is 0. The summed E-state index contributed by atoms with van der Waals surface area (Å²) in [6, 6.07) is 67.7. The third-order valence-corrected chi connectivity index (χ3v) is 9.94. The van der Waals surface area contributed by atoms with Crippen molar-refractivity contribution in [3.05, 3.63) is 194 Å². The van der Waals surface area contributed by atoms with Gasteiger partial charge in [0.15, 0.2) is 5.58 Å². The maximum Gasteiger partial charge on any atom is 0.227 e. The van der Waals surface area contributed by atoms with Crippen LogP contribution in [0.3, 0.4) is 0 Å². The predicted octanol–water partition coefficient (Wildman–Crippen LogP) is 13.9. The lowest BCUT2D eigenvalue weighted by atomic mass is 10.0. The topological polar surface area (TPSA) is 42.4 Å². The van der Waals surface area contributed by atoms with Gasteiger partial charge in [0.2, 0.25) is 5.89 Å². The van der Waals surface area contributed by atoms with Gasteiger partial charge in [-0.15, -0.1) is 0 Å². The molecule has 4 heteroatoms. The Balaban J connectivity index is 1.03. The molecule has 0 amide bonds. The normalized spacial score (nSPS) is 11.4. The first-order valence-electron chi connectivity index (χ1n) is 17.8. The van der Waals surface area contributed by atoms with Crippen molar-refractivity contribution in [2.24, 2.45) is 0 Å². The average Bonchev–Trinajstić information content (AvgIpc) is 3.84. The first-order chi connectivity index (χ1) is 26.2. The van der Waals surface area contributed by atoms with Crippen LogP contribution in [-0.4, -0.2) is 4.98 Å². The van der Waals surface area contributed by atoms with Gasteiger partial charge in [0.25, 0.3) is 0 Å². The average molecular weight is 681 g/mol. The summed E-state index contributed by atoms with van der Waals surface area (Å²) in [5.74, 6) is 0.600. The molecule has 0 saturated carbocycles. The minimum absolute atomic E-state index is 0.600. The molecular formula is C49H32N2O2. The molecule has 0 bridgehead atoms. The number of fused-ring (bicyclic) bond motifs is 5. The van der Waals surface area contributed by atoms with Crippen LogP contribution in [0, 0.1) is 0 Å². The van der Waals surface area contributed by atoms with E-state index in [-0.39, 0.29) is 0 Å². The molecule has 0 N–H and O–H groups in total. The van der Waals surface area contributed by atoms with Crippen molar-refractivity contribution in [3.63, 3.8) is 0 Å². The van der Waals surface area contributed by atoms with Crippen LogP contribution in [-0.2, 0) is 0 Å². The summed E-state index contributed by atoms with van der Waals surface area (Å²) in [4.78, 5) is 7.25. The number of hydrogen-bond acceptors (Lipinski definition) is 4. The number of benzene rings is 8. The molecule has 10 rings (SSSR count). The van der Waals surface area contributed by atoms with Gasteiger partial charge in [-0.1, -0.05) is 121 Å². The van der Waals surface area contributed by atoms with Gasteiger partial charge in [0, 0.05) is 28.0 Å². The van der Waals surface area contributed by atoms with Gasteiger partial charge in [0.05, 0.1) is 5.39 Å². The first-order valence-corrected chi connectivity index (χ1v) is 17.8. The molecule has 0 radical (unpaired) electrons. The van der Waals surface area contributed by atoms with Crippen molar-refractivity contribution < 1.29 is 8.83 Å². The van der Waals surface area contributed by atoms with Crippen molar-refractivity contribution in [3.8, 4) is 44.8 Å². The van der Waals surface area contributed by atoms with Gasteiger partial charge in [-0.2, -0.15) is 0 Å². The largest absolute Gasteiger partial charge is 0.456 e. The van der Waals surface area contributed by atoms with Gasteiger partial charge < -0.3 is 13.7 Å². The van der Waals surface area contributed by atoms with E-state index in [9.17, 15) is 0 Å². The van der Waals surface area contributed by atoms with Gasteiger partial charge >= 0.3 is 0 Å². The number of rotatable bonds is 7. The van der Waals surface area contributed by atoms with Gasteiger partial charge in [-0.3, -0.25) is 0 Å². The third kappa shape index (κ3) is 5.63. The number of furan rings is 1. The Kier molecular flexibility index (Phi) is 7.43. The van der Waals surface area contributed by atoms with Crippen LogP contribution in [0.2, 0.25) is 0 Å². The van der Waals surface area contributed by atoms with E-state index >= 15 is 0 Å². The molecule has 10 aromatic rings. The monoisotopic (exact) mass is 680 g/mol. The van der Waals surface area contributed by atoms with E-state index < -0.39 is 0 Å². The smallest absolute Gasteiger partial charge is 0.227 e. The third-order valence-electron chi connectivity index (χ3n) is 9.94. The fourth-order valence-electron chi connectivity index (χ4n) is 7.25. The lowest BCUT2D eigenvalue weighted by Gasteiger charge is -2.26. The number of nitrogens with zero attached hydrogens (tertiary/aromatic N) is 2. The maximum absolute atomic E-state index is 6.30. The van der Waals surface area contributed by atoms with Gasteiger partial charge in [-0.25, -0.2) is 4.98 Å². The fraction of sp³-hybridized carbons (Fsp3) is 0. The molecule has 0 aliphatic rings. The molecule has 0 spiro atoms. The second kappa shape index (κ2) is 12.9. The highest BCUT2D eigenvalue weighted by molar-refractivity contribution is 6.17. The zero-order valence-corrected chi connectivity index (χ0v) is 28.7. The van der Waals surface area contributed by atoms with Crippen LogP contribution in [0.4, 0.5) is 17.1 Å². The molecule has 0 atom stereocenters. The van der Waals surface area contributed by atoms with Crippen LogP contribution in [0.15, 0.2) is 203 Å². The van der Waals surface area contributed by atoms with Crippen molar-refractivity contribution >= 4 is 50.1 Å². The summed E-state index contributed by atoms with van der Waals surface area (Å²) in [5, 5.41) is 1.98. The number of anilines is 3. The number of hydrogen-bond donors (Lipinski definition) is 0. The molecule has 2 heterocycles. The Labute approximate surface area is 306 Å². The fourth-order valence-corrected chi connectivity index (χ4v) is 7.25. The van der Waals surface area contributed by atoms with E-state index in [0.29, 0.717) is 5.89 Å². The highest BCUT2D eigenvalue weighted by Crippen LogP contribution is 2.40. The first kappa shape index (κ1) is 30.6. The van der Waals surface area contributed by atoms with Crippen LogP contribution >= 0.6 is 0 Å². The Hall–Kier alpha value is -7.17. The minimum Gasteiger partial charge on any atom is -0.456 e. The van der Waals surface area contributed by atoms with Crippen molar-refractivity contribution in [2.45, 2.75) is 0 Å². The van der Waals surface area contributed by atoms with Crippen LogP contribution in [0.1, 0.15) is 0 Å². The van der Waals surface area contributed by atoms with Crippen molar-refractivity contribution in [2.75, 3.05) is 4.90 Å². The SMILES string of the molecule is c1ccc(-c2ccc(N(c3ccc(-c4ccccc4)cc3)c3ccc(-c4ccc5oc6ccc7oc(-c8ccccc8)nc7c6c5c4)cc3)cc2)cc1. The van der Waals surface area contributed by atoms with E-state index in [0.717, 1.165) is 66.8 Å². The van der Waals surface area contributed by atoms with E-state index in [1.54, 1.807) is 0 Å². The molecule has 0 saturated heterocycles.